The molecule has 0 heterocycles. The minimum atomic E-state index is -4.37. The van der Waals surface area contributed by atoms with Crippen molar-refractivity contribution in [1.82, 2.24) is 0 Å². The van der Waals surface area contributed by atoms with E-state index < -0.39 is 22.1 Å². The van der Waals surface area contributed by atoms with E-state index in [4.69, 9.17) is 0 Å². The average molecular weight is 170 g/mol. The van der Waals surface area contributed by atoms with Gasteiger partial charge in [-0.05, 0) is 18.8 Å². The van der Waals surface area contributed by atoms with Crippen molar-refractivity contribution in [3.8, 4) is 0 Å². The molecule has 0 aromatic heterocycles. The second-order valence-corrected chi connectivity index (χ2v) is 4.05. The topological polar surface area (TPSA) is 34.1 Å². The van der Waals surface area contributed by atoms with Crippen LogP contribution in [0.3, 0.4) is 0 Å². The van der Waals surface area contributed by atoms with Crippen LogP contribution in [0.15, 0.2) is 0 Å². The fraction of sp³-hybridized carbons (Fsp3) is 1.00. The zero-order valence-corrected chi connectivity index (χ0v) is 6.07. The van der Waals surface area contributed by atoms with Gasteiger partial charge in [0.05, 0.1) is 5.75 Å². The highest BCUT2D eigenvalue weighted by molar-refractivity contribution is 7.86. The first-order valence-corrected chi connectivity index (χ1v) is 4.59. The number of hydrogen-bond donors (Lipinski definition) is 0. The van der Waals surface area contributed by atoms with Gasteiger partial charge in [0.15, 0.2) is 0 Å². The van der Waals surface area contributed by atoms with Gasteiger partial charge in [-0.15, -0.1) is 3.89 Å². The molecule has 1 aliphatic carbocycles. The fourth-order valence-electron chi connectivity index (χ4n) is 1.07. The SMILES string of the molecule is O=S(=O)(F)CC1CC(F)C1. The van der Waals surface area contributed by atoms with Gasteiger partial charge in [-0.25, -0.2) is 4.39 Å². The smallest absolute Gasteiger partial charge is 0.247 e. The largest absolute Gasteiger partial charge is 0.302 e. The highest BCUT2D eigenvalue weighted by Crippen LogP contribution is 2.31. The van der Waals surface area contributed by atoms with Crippen LogP contribution in [0, 0.1) is 5.92 Å². The molecule has 0 aromatic carbocycles. The average Bonchev–Trinajstić information content (AvgIpc) is 1.57. The van der Waals surface area contributed by atoms with Crippen LogP contribution in [0.1, 0.15) is 12.8 Å². The van der Waals surface area contributed by atoms with Crippen LogP contribution in [-0.2, 0) is 10.2 Å². The minimum absolute atomic E-state index is 0.198. The molecule has 0 radical (unpaired) electrons. The van der Waals surface area contributed by atoms with Crippen molar-refractivity contribution in [2.75, 3.05) is 5.75 Å². The zero-order valence-electron chi connectivity index (χ0n) is 5.26. The molecule has 1 aliphatic rings. The van der Waals surface area contributed by atoms with Crippen LogP contribution < -0.4 is 0 Å². The van der Waals surface area contributed by atoms with Gasteiger partial charge in [0, 0.05) is 0 Å². The summed E-state index contributed by atoms with van der Waals surface area (Å²) >= 11 is 0. The van der Waals surface area contributed by atoms with Crippen LogP contribution in [0.25, 0.3) is 0 Å². The van der Waals surface area contributed by atoms with Gasteiger partial charge in [0.25, 0.3) is 0 Å². The van der Waals surface area contributed by atoms with Crippen molar-refractivity contribution in [2.24, 2.45) is 5.92 Å². The Bertz CT molecular complexity index is 206. The van der Waals surface area contributed by atoms with Crippen LogP contribution in [0.2, 0.25) is 0 Å². The Kier molecular flexibility index (Phi) is 1.94. The summed E-state index contributed by atoms with van der Waals surface area (Å²) in [7, 11) is -4.37. The van der Waals surface area contributed by atoms with E-state index in [0.717, 1.165) is 0 Å². The molecule has 10 heavy (non-hydrogen) atoms. The summed E-state index contributed by atoms with van der Waals surface area (Å²) in [4.78, 5) is 0. The number of alkyl halides is 1. The third-order valence-corrected chi connectivity index (χ3v) is 2.48. The zero-order chi connectivity index (χ0) is 7.78. The summed E-state index contributed by atoms with van der Waals surface area (Å²) in [5, 5.41) is 0. The lowest BCUT2D eigenvalue weighted by atomic mass is 9.85. The molecule has 0 atom stereocenters. The molecule has 60 valence electrons. The Morgan fingerprint density at radius 2 is 1.90 bits per heavy atom. The minimum Gasteiger partial charge on any atom is -0.247 e. The van der Waals surface area contributed by atoms with E-state index in [1.54, 1.807) is 0 Å². The van der Waals surface area contributed by atoms with Crippen molar-refractivity contribution in [1.29, 1.82) is 0 Å². The van der Waals surface area contributed by atoms with Crippen LogP contribution in [0.5, 0.6) is 0 Å². The molecule has 0 aromatic rings. The summed E-state index contributed by atoms with van der Waals surface area (Å²) in [5.41, 5.74) is 0. The molecule has 1 fully saturated rings. The van der Waals surface area contributed by atoms with Gasteiger partial charge in [0.1, 0.15) is 6.17 Å². The molecule has 0 saturated heterocycles. The van der Waals surface area contributed by atoms with Gasteiger partial charge in [-0.2, -0.15) is 8.42 Å². The maximum atomic E-state index is 12.0. The normalized spacial score (nSPS) is 33.4. The lowest BCUT2D eigenvalue weighted by molar-refractivity contribution is 0.145. The van der Waals surface area contributed by atoms with Crippen molar-refractivity contribution in [3.05, 3.63) is 0 Å². The summed E-state index contributed by atoms with van der Waals surface area (Å²) in [5.74, 6) is -0.794. The molecule has 0 N–H and O–H groups in total. The standard InChI is InChI=1S/C5H8F2O2S/c6-5-1-4(2-5)3-10(7,8)9/h4-5H,1-3H2. The maximum absolute atomic E-state index is 12.0. The van der Waals surface area contributed by atoms with Crippen LogP contribution in [-0.4, -0.2) is 20.3 Å². The Morgan fingerprint density at radius 1 is 1.40 bits per heavy atom. The molecule has 0 spiro atoms. The van der Waals surface area contributed by atoms with Gasteiger partial charge >= 0.3 is 10.2 Å². The molecule has 0 aliphatic heterocycles. The second-order valence-electron chi connectivity index (χ2n) is 2.64. The van der Waals surface area contributed by atoms with Crippen molar-refractivity contribution in [3.63, 3.8) is 0 Å². The first-order valence-electron chi connectivity index (χ1n) is 3.04. The van der Waals surface area contributed by atoms with Gasteiger partial charge in [-0.3, -0.25) is 0 Å². The van der Waals surface area contributed by atoms with E-state index in [0.29, 0.717) is 0 Å². The lowest BCUT2D eigenvalue weighted by Crippen LogP contribution is -2.29. The van der Waals surface area contributed by atoms with E-state index in [9.17, 15) is 16.7 Å². The molecular weight excluding hydrogens is 162 g/mol. The molecular formula is C5H8F2O2S. The van der Waals surface area contributed by atoms with Crippen LogP contribution in [0.4, 0.5) is 8.28 Å². The first kappa shape index (κ1) is 7.91. The Hall–Kier alpha value is -0.190. The Labute approximate surface area is 58.4 Å². The lowest BCUT2D eigenvalue weighted by Gasteiger charge is -2.27. The molecule has 1 saturated carbocycles. The molecule has 0 unspecified atom stereocenters. The van der Waals surface area contributed by atoms with E-state index in [1.165, 1.54) is 0 Å². The quantitative estimate of drug-likeness (QED) is 0.580. The van der Waals surface area contributed by atoms with E-state index in [-0.39, 0.29) is 18.8 Å². The van der Waals surface area contributed by atoms with Gasteiger partial charge in [0.2, 0.25) is 0 Å². The predicted molar refractivity (Wildman–Crippen MR) is 32.5 cm³/mol. The number of hydrogen-bond acceptors (Lipinski definition) is 2. The van der Waals surface area contributed by atoms with Crippen molar-refractivity contribution < 1.29 is 16.7 Å². The van der Waals surface area contributed by atoms with Crippen LogP contribution >= 0.6 is 0 Å². The van der Waals surface area contributed by atoms with Gasteiger partial charge < -0.3 is 0 Å². The number of rotatable bonds is 2. The summed E-state index contributed by atoms with van der Waals surface area (Å²) in [6.07, 6.45) is -0.515. The van der Waals surface area contributed by atoms with Gasteiger partial charge in [-0.1, -0.05) is 0 Å². The number of halogens is 2. The summed E-state index contributed by atoms with van der Waals surface area (Å²) < 4.78 is 43.8. The van der Waals surface area contributed by atoms with Crippen molar-refractivity contribution in [2.45, 2.75) is 19.0 Å². The highest BCUT2D eigenvalue weighted by Gasteiger charge is 2.32. The maximum Gasteiger partial charge on any atom is 0.302 e. The molecule has 5 heteroatoms. The third kappa shape index (κ3) is 2.21. The molecule has 1 rings (SSSR count). The summed E-state index contributed by atoms with van der Waals surface area (Å²) in [6.45, 7) is 0. The second kappa shape index (κ2) is 2.45. The fourth-order valence-corrected chi connectivity index (χ4v) is 1.91. The third-order valence-electron chi connectivity index (χ3n) is 1.61. The molecule has 2 nitrogen and oxygen atoms in total. The molecule has 0 amide bonds. The highest BCUT2D eigenvalue weighted by atomic mass is 32.3. The van der Waals surface area contributed by atoms with E-state index in [2.05, 4.69) is 0 Å². The Balaban J connectivity index is 2.30. The van der Waals surface area contributed by atoms with E-state index in [1.807, 2.05) is 0 Å². The monoisotopic (exact) mass is 170 g/mol. The first-order chi connectivity index (χ1) is 4.47. The predicted octanol–water partition coefficient (Wildman–Crippen LogP) is 1.03. The summed E-state index contributed by atoms with van der Waals surface area (Å²) in [6, 6.07) is 0. The Morgan fingerprint density at radius 3 is 2.20 bits per heavy atom. The van der Waals surface area contributed by atoms with E-state index >= 15 is 0 Å². The van der Waals surface area contributed by atoms with Crippen molar-refractivity contribution >= 4 is 10.2 Å². The molecule has 0 bridgehead atoms.